The van der Waals surface area contributed by atoms with Gasteiger partial charge < -0.3 is 4.90 Å². The van der Waals surface area contributed by atoms with Gasteiger partial charge in [0.2, 0.25) is 21.1 Å². The molecule has 34 heavy (non-hydrogen) atoms. The van der Waals surface area contributed by atoms with E-state index in [-0.39, 0.29) is 10.8 Å². The van der Waals surface area contributed by atoms with Crippen molar-refractivity contribution in [2.75, 3.05) is 13.1 Å². The number of likely N-dealkylation sites (tertiary alicyclic amines) is 1. The van der Waals surface area contributed by atoms with Crippen LogP contribution in [-0.4, -0.2) is 23.0 Å². The van der Waals surface area contributed by atoms with Gasteiger partial charge in [-0.1, -0.05) is 53.8 Å². The van der Waals surface area contributed by atoms with E-state index in [0.717, 1.165) is 18.1 Å². The van der Waals surface area contributed by atoms with Crippen LogP contribution in [0.3, 0.4) is 0 Å². The van der Waals surface area contributed by atoms with Gasteiger partial charge in [0, 0.05) is 46.5 Å². The van der Waals surface area contributed by atoms with E-state index in [1.54, 1.807) is 0 Å². The Balaban J connectivity index is 0.000000509. The molecule has 0 aliphatic carbocycles. The number of hydrogen-bond donors (Lipinski definition) is 0. The van der Waals surface area contributed by atoms with E-state index in [0.29, 0.717) is 0 Å². The van der Waals surface area contributed by atoms with E-state index in [4.69, 9.17) is 12.2 Å². The van der Waals surface area contributed by atoms with Gasteiger partial charge in [0.25, 0.3) is 0 Å². The Morgan fingerprint density at radius 3 is 1.71 bits per heavy atom. The SMILES string of the molecule is CC(C)(C)c1cc(-c2ccc(C(=S)N3CCCCC3)s2)cc(C(C)(C)C)[s+]1.F[P-](F)(F)(F)(F)F. The van der Waals surface area contributed by atoms with E-state index in [9.17, 15) is 25.2 Å². The Morgan fingerprint density at radius 1 is 0.853 bits per heavy atom. The van der Waals surface area contributed by atoms with Crippen molar-refractivity contribution in [2.45, 2.75) is 71.6 Å². The van der Waals surface area contributed by atoms with Crippen LogP contribution in [0.1, 0.15) is 75.4 Å². The summed E-state index contributed by atoms with van der Waals surface area (Å²) in [4.78, 5) is 8.88. The number of hydrogen-bond acceptors (Lipinski definition) is 2. The summed E-state index contributed by atoms with van der Waals surface area (Å²) in [6.07, 6.45) is 3.87. The van der Waals surface area contributed by atoms with E-state index in [2.05, 4.69) is 70.7 Å². The zero-order valence-electron chi connectivity index (χ0n) is 20.2. The maximum absolute atomic E-state index is 10.7. The number of piperidine rings is 1. The molecule has 1 fully saturated rings. The fourth-order valence-corrected chi connectivity index (χ4v) is 5.80. The molecule has 2 aromatic rings. The predicted molar refractivity (Wildman–Crippen MR) is 140 cm³/mol. The van der Waals surface area contributed by atoms with Gasteiger partial charge in [-0.2, -0.15) is 0 Å². The Kier molecular flexibility index (Phi) is 7.99. The second-order valence-electron chi connectivity index (χ2n) is 10.5. The first-order valence-electron chi connectivity index (χ1n) is 11.0. The Morgan fingerprint density at radius 2 is 1.29 bits per heavy atom. The van der Waals surface area contributed by atoms with Crippen molar-refractivity contribution in [3.63, 3.8) is 0 Å². The summed E-state index contributed by atoms with van der Waals surface area (Å²) < 4.78 is 59.2. The van der Waals surface area contributed by atoms with Crippen LogP contribution >= 0.6 is 42.7 Å². The molecule has 0 unspecified atom stereocenters. The van der Waals surface area contributed by atoms with Gasteiger partial charge >= 0.3 is 33.0 Å². The zero-order valence-corrected chi connectivity index (χ0v) is 23.6. The molecule has 194 valence electrons. The molecule has 0 N–H and O–H groups in total. The third-order valence-corrected chi connectivity index (χ3v) is 8.66. The van der Waals surface area contributed by atoms with Gasteiger partial charge in [-0.3, -0.25) is 0 Å². The molecule has 0 amide bonds. The van der Waals surface area contributed by atoms with Crippen LogP contribution < -0.4 is 0 Å². The predicted octanol–water partition coefficient (Wildman–Crippen LogP) is 10.9. The minimum atomic E-state index is -10.7. The van der Waals surface area contributed by atoms with Crippen LogP contribution in [0.25, 0.3) is 10.4 Å². The van der Waals surface area contributed by atoms with E-state index in [1.165, 1.54) is 44.3 Å². The third-order valence-electron chi connectivity index (χ3n) is 5.02. The zero-order chi connectivity index (χ0) is 26.2. The monoisotopic (exact) mass is 563 g/mol. The molecule has 0 saturated carbocycles. The molecule has 1 saturated heterocycles. The molecule has 2 aromatic heterocycles. The molecule has 11 heteroatoms. The normalized spacial score (nSPS) is 17.4. The number of thiocarbonyl (C=S) groups is 1. The summed E-state index contributed by atoms with van der Waals surface area (Å²) in [6.45, 7) is 16.1. The summed E-state index contributed by atoms with van der Waals surface area (Å²) in [7, 11) is -10.7. The summed E-state index contributed by atoms with van der Waals surface area (Å²) in [5.74, 6) is 0. The van der Waals surface area contributed by atoms with Crippen molar-refractivity contribution in [3.8, 4) is 10.4 Å². The van der Waals surface area contributed by atoms with Crippen LogP contribution in [-0.2, 0) is 10.8 Å². The van der Waals surface area contributed by atoms with Gasteiger partial charge in [0.15, 0.2) is 0 Å². The quantitative estimate of drug-likeness (QED) is 0.155. The van der Waals surface area contributed by atoms with Crippen molar-refractivity contribution in [1.29, 1.82) is 0 Å². The molecule has 0 aromatic carbocycles. The number of nitrogens with zero attached hydrogens (tertiary/aromatic N) is 1. The first kappa shape index (κ1) is 29.4. The second kappa shape index (κ2) is 9.24. The van der Waals surface area contributed by atoms with Gasteiger partial charge in [-0.25, -0.2) is 0 Å². The number of thiophene rings is 1. The van der Waals surface area contributed by atoms with E-state index < -0.39 is 7.81 Å². The summed E-state index contributed by atoms with van der Waals surface area (Å²) >= 11 is 9.61. The molecule has 0 spiro atoms. The Bertz CT molecular complexity index is 985. The molecule has 1 nitrogen and oxygen atoms in total. The summed E-state index contributed by atoms with van der Waals surface area (Å²) in [5.41, 5.74) is 1.65. The van der Waals surface area contributed by atoms with Crippen molar-refractivity contribution in [1.82, 2.24) is 4.90 Å². The van der Waals surface area contributed by atoms with Crippen molar-refractivity contribution in [2.24, 2.45) is 0 Å². The second-order valence-corrected chi connectivity index (χ2v) is 15.0. The minimum absolute atomic E-state index is 0.157. The average molecular weight is 564 g/mol. The third kappa shape index (κ3) is 10.4. The first-order valence-corrected chi connectivity index (χ1v) is 15.0. The van der Waals surface area contributed by atoms with Crippen LogP contribution in [0.2, 0.25) is 0 Å². The fourth-order valence-electron chi connectivity index (χ4n) is 3.24. The van der Waals surface area contributed by atoms with Gasteiger partial charge in [0.05, 0.1) is 4.88 Å². The molecule has 3 rings (SSSR count). The van der Waals surface area contributed by atoms with Crippen LogP contribution in [0, 0.1) is 0 Å². The maximum atomic E-state index is 9.87. The number of halogens is 6. The van der Waals surface area contributed by atoms with Crippen molar-refractivity contribution >= 4 is 47.7 Å². The molecule has 1 aliphatic rings. The summed E-state index contributed by atoms with van der Waals surface area (Å²) in [6, 6.07) is 9.26. The van der Waals surface area contributed by atoms with E-state index >= 15 is 0 Å². The van der Waals surface area contributed by atoms with Crippen molar-refractivity contribution < 1.29 is 25.2 Å². The summed E-state index contributed by atoms with van der Waals surface area (Å²) in [5, 5.41) is 0. The van der Waals surface area contributed by atoms with Gasteiger partial charge in [-0.15, -0.1) is 11.3 Å². The Hall–Kier alpha value is -0.830. The molecule has 3 heterocycles. The van der Waals surface area contributed by atoms with Crippen LogP contribution in [0.4, 0.5) is 25.2 Å². The first-order chi connectivity index (χ1) is 15.0. The molecule has 0 atom stereocenters. The van der Waals surface area contributed by atoms with E-state index in [1.807, 2.05) is 22.7 Å². The molecule has 0 radical (unpaired) electrons. The fraction of sp³-hybridized carbons (Fsp3) is 0.565. The Labute approximate surface area is 211 Å². The topological polar surface area (TPSA) is 3.24 Å². The number of rotatable bonds is 2. The van der Waals surface area contributed by atoms with Gasteiger partial charge in [0.1, 0.15) is 4.99 Å². The van der Waals surface area contributed by atoms with Crippen LogP contribution in [0.15, 0.2) is 24.3 Å². The van der Waals surface area contributed by atoms with Crippen LogP contribution in [0.5, 0.6) is 0 Å². The van der Waals surface area contributed by atoms with Gasteiger partial charge in [-0.05, 0) is 31.4 Å². The molecular formula is C23H32F6NPS3. The molecular weight excluding hydrogens is 531 g/mol. The standard InChI is InChI=1S/C23H32NS3.F6P/c1-22(2,3)19-14-16(15-20(27-19)23(4,5)6)17-10-11-18(26-17)21(25)24-12-8-7-9-13-24;1-7(2,3,4,5)6/h10-11,14-15H,7-9,12-13H2,1-6H3;/q+1;-1. The molecule has 0 bridgehead atoms. The molecule has 1 aliphatic heterocycles. The van der Waals surface area contributed by atoms with Crippen molar-refractivity contribution in [3.05, 3.63) is 38.9 Å². The average Bonchev–Trinajstić information content (AvgIpc) is 3.14.